The van der Waals surface area contributed by atoms with Crippen LogP contribution < -0.4 is 0 Å². The molecule has 19 heavy (non-hydrogen) atoms. The molecule has 0 aromatic heterocycles. The Balaban J connectivity index is 3.78. The van der Waals surface area contributed by atoms with E-state index in [1.807, 2.05) is 0 Å². The van der Waals surface area contributed by atoms with E-state index < -0.39 is 0 Å². The number of hydrogen-bond donors (Lipinski definition) is 0. The molecule has 3 heteroatoms. The zero-order chi connectivity index (χ0) is 14.7. The quantitative estimate of drug-likeness (QED) is 0.327. The first-order valence-corrected chi connectivity index (χ1v) is 9.14. The van der Waals surface area contributed by atoms with E-state index in [1.165, 1.54) is 32.1 Å². The lowest BCUT2D eigenvalue weighted by atomic mass is 9.90. The molecule has 0 amide bonds. The second-order valence-corrected chi connectivity index (χ2v) is 8.39. The molecule has 2 nitrogen and oxygen atoms in total. The summed E-state index contributed by atoms with van der Waals surface area (Å²) in [5, 5.41) is -0.210. The van der Waals surface area contributed by atoms with Crippen molar-refractivity contribution in [1.82, 2.24) is 0 Å². The molecule has 0 saturated heterocycles. The predicted molar refractivity (Wildman–Crippen MR) is 86.7 cm³/mol. The van der Waals surface area contributed by atoms with Crippen molar-refractivity contribution in [2.45, 2.75) is 84.1 Å². The highest BCUT2D eigenvalue weighted by Gasteiger charge is 2.34. The molecule has 0 radical (unpaired) electrons. The van der Waals surface area contributed by atoms with E-state index in [1.54, 1.807) is 0 Å². The molecular weight excluding hydrogens is 252 g/mol. The topological polar surface area (TPSA) is 26.3 Å². The number of rotatable bonds is 11. The van der Waals surface area contributed by atoms with Crippen molar-refractivity contribution in [3.8, 4) is 0 Å². The van der Waals surface area contributed by atoms with Gasteiger partial charge in [-0.3, -0.25) is 4.79 Å². The molecule has 0 spiro atoms. The third kappa shape index (κ3) is 7.76. The average molecular weight is 287 g/mol. The van der Waals surface area contributed by atoms with Gasteiger partial charge in [0.15, 0.2) is 0 Å². The zero-order valence-electron chi connectivity index (χ0n) is 13.8. The highest BCUT2D eigenvalue weighted by Crippen LogP contribution is 2.35. The van der Waals surface area contributed by atoms with Gasteiger partial charge in [-0.2, -0.15) is 0 Å². The molecule has 0 aliphatic heterocycles. The number of ether oxygens (including phenoxy) is 1. The van der Waals surface area contributed by atoms with Gasteiger partial charge < -0.3 is 4.74 Å². The minimum Gasteiger partial charge on any atom is -0.466 e. The summed E-state index contributed by atoms with van der Waals surface area (Å²) in [5.41, 5.74) is 0. The van der Waals surface area contributed by atoms with Crippen LogP contribution in [-0.4, -0.2) is 22.8 Å². The summed E-state index contributed by atoms with van der Waals surface area (Å²) in [6, 6.07) is 0. The van der Waals surface area contributed by atoms with E-state index >= 15 is 0 Å². The van der Waals surface area contributed by atoms with E-state index in [2.05, 4.69) is 27.7 Å². The van der Waals surface area contributed by atoms with Crippen LogP contribution in [0.1, 0.15) is 79.1 Å². The fourth-order valence-corrected chi connectivity index (χ4v) is 2.66. The van der Waals surface area contributed by atoms with Crippen molar-refractivity contribution >= 4 is 16.2 Å². The second-order valence-electron chi connectivity index (χ2n) is 6.32. The third-order valence-corrected chi connectivity index (χ3v) is 5.60. The maximum atomic E-state index is 12.1. The molecule has 2 atom stereocenters. The van der Waals surface area contributed by atoms with Gasteiger partial charge in [-0.05, 0) is 12.3 Å². The number of esters is 1. The molecule has 0 N–H and O–H groups in total. The Morgan fingerprint density at radius 2 is 1.68 bits per heavy atom. The molecule has 0 saturated carbocycles. The van der Waals surface area contributed by atoms with Crippen molar-refractivity contribution < 1.29 is 9.53 Å². The maximum Gasteiger partial charge on any atom is 0.308 e. The van der Waals surface area contributed by atoms with E-state index in [0.717, 1.165) is 29.5 Å². The van der Waals surface area contributed by atoms with Crippen LogP contribution in [0.5, 0.6) is 0 Å². The predicted octanol–water partition coefficient (Wildman–Crippen LogP) is 3.87. The van der Waals surface area contributed by atoms with Gasteiger partial charge >= 0.3 is 5.97 Å². The fraction of sp³-hybridized carbons (Fsp3) is 0.938. The van der Waals surface area contributed by atoms with Crippen molar-refractivity contribution in [3.05, 3.63) is 0 Å². The normalized spacial score (nSPS) is 16.0. The minimum absolute atomic E-state index is 0.0358. The lowest BCUT2D eigenvalue weighted by Crippen LogP contribution is -2.30. The number of unbranched alkanes of at least 4 members (excludes halogenated alkanes) is 5. The lowest BCUT2D eigenvalue weighted by Gasteiger charge is -2.29. The Morgan fingerprint density at radius 1 is 1.11 bits per heavy atom. The van der Waals surface area contributed by atoms with Crippen LogP contribution in [0.2, 0.25) is 5.04 Å². The van der Waals surface area contributed by atoms with Crippen LogP contribution in [0.3, 0.4) is 0 Å². The van der Waals surface area contributed by atoms with Crippen molar-refractivity contribution in [1.29, 1.82) is 0 Å². The molecule has 0 rings (SSSR count). The average Bonchev–Trinajstić information content (AvgIpc) is 2.37. The Hall–Kier alpha value is -0.313. The first-order chi connectivity index (χ1) is 8.96. The number of hydrogen-bond acceptors (Lipinski definition) is 2. The van der Waals surface area contributed by atoms with E-state index in [-0.39, 0.29) is 11.0 Å². The van der Waals surface area contributed by atoms with Crippen LogP contribution in [0.15, 0.2) is 0 Å². The molecule has 2 unspecified atom stereocenters. The van der Waals surface area contributed by atoms with Gasteiger partial charge in [0.05, 0.1) is 11.6 Å². The third-order valence-electron chi connectivity index (χ3n) is 4.21. The summed E-state index contributed by atoms with van der Waals surface area (Å²) < 4.78 is 5.48. The second kappa shape index (κ2) is 10.5. The van der Waals surface area contributed by atoms with Gasteiger partial charge in [-0.15, -0.1) is 0 Å². The van der Waals surface area contributed by atoms with Gasteiger partial charge in [0.25, 0.3) is 0 Å². The Labute approximate surface area is 123 Å². The van der Waals surface area contributed by atoms with Crippen molar-refractivity contribution in [2.24, 2.45) is 5.92 Å². The molecule has 0 aliphatic rings. The Bertz CT molecular complexity index is 239. The van der Waals surface area contributed by atoms with Crippen LogP contribution >= 0.6 is 0 Å². The molecule has 0 heterocycles. The molecule has 0 fully saturated rings. The molecule has 0 aliphatic carbocycles. The Kier molecular flexibility index (Phi) is 10.3. The van der Waals surface area contributed by atoms with E-state index in [9.17, 15) is 4.79 Å². The molecule has 0 bridgehead atoms. The molecule has 0 aromatic carbocycles. The summed E-state index contributed by atoms with van der Waals surface area (Å²) in [6.45, 7) is 9.27. The van der Waals surface area contributed by atoms with Crippen molar-refractivity contribution in [2.75, 3.05) is 6.61 Å². The summed E-state index contributed by atoms with van der Waals surface area (Å²) in [4.78, 5) is 12.1. The Morgan fingerprint density at radius 3 is 2.26 bits per heavy atom. The van der Waals surface area contributed by atoms with Gasteiger partial charge in [0.2, 0.25) is 0 Å². The number of carbonyl (C=O) groups is 1. The standard InChI is InChI=1S/C16H34O2Si/c1-5-7-8-9-10-11-13-18-15(17)16(4,19)14(3)12-6-2/h14H,5-13H2,1-4,19H3. The summed E-state index contributed by atoms with van der Waals surface area (Å²) in [6.07, 6.45) is 9.67. The summed E-state index contributed by atoms with van der Waals surface area (Å²) >= 11 is 0. The van der Waals surface area contributed by atoms with Crippen LogP contribution in [0.4, 0.5) is 0 Å². The monoisotopic (exact) mass is 286 g/mol. The van der Waals surface area contributed by atoms with Gasteiger partial charge in [0.1, 0.15) is 0 Å². The highest BCUT2D eigenvalue weighted by molar-refractivity contribution is 6.26. The summed E-state index contributed by atoms with van der Waals surface area (Å²) in [7, 11) is 0.876. The lowest BCUT2D eigenvalue weighted by molar-refractivity contribution is -0.148. The SMILES string of the molecule is CCCCCCCCOC(=O)C(C)([SiH3])C(C)CCC. The minimum atomic E-state index is -0.210. The van der Waals surface area contributed by atoms with Gasteiger partial charge in [0, 0.05) is 10.2 Å². The van der Waals surface area contributed by atoms with Gasteiger partial charge in [-0.25, -0.2) is 0 Å². The maximum absolute atomic E-state index is 12.1. The van der Waals surface area contributed by atoms with E-state index in [4.69, 9.17) is 4.74 Å². The van der Waals surface area contributed by atoms with Crippen LogP contribution in [0.25, 0.3) is 0 Å². The van der Waals surface area contributed by atoms with Gasteiger partial charge in [-0.1, -0.05) is 72.6 Å². The summed E-state index contributed by atoms with van der Waals surface area (Å²) in [5.74, 6) is 0.481. The first-order valence-electron chi connectivity index (χ1n) is 8.14. The number of carbonyl (C=O) groups excluding carboxylic acids is 1. The van der Waals surface area contributed by atoms with E-state index in [0.29, 0.717) is 12.5 Å². The van der Waals surface area contributed by atoms with Crippen LogP contribution in [0, 0.1) is 5.92 Å². The van der Waals surface area contributed by atoms with Crippen molar-refractivity contribution in [3.63, 3.8) is 0 Å². The smallest absolute Gasteiger partial charge is 0.308 e. The zero-order valence-corrected chi connectivity index (χ0v) is 15.8. The highest BCUT2D eigenvalue weighted by atomic mass is 28.1. The largest absolute Gasteiger partial charge is 0.466 e. The fourth-order valence-electron chi connectivity index (χ4n) is 2.23. The first kappa shape index (κ1) is 18.7. The molecule has 114 valence electrons. The molecule has 0 aromatic rings. The van der Waals surface area contributed by atoms with Crippen LogP contribution in [-0.2, 0) is 9.53 Å². The molecular formula is C16H34O2Si.